The topological polar surface area (TPSA) is 64.1 Å². The second-order valence-corrected chi connectivity index (χ2v) is 2.54. The van der Waals surface area contributed by atoms with Crippen LogP contribution in [0.3, 0.4) is 0 Å². The SMILES string of the molecule is CNCc1nnc(-c2ccoc2)o1. The summed E-state index contributed by atoms with van der Waals surface area (Å²) >= 11 is 0. The molecule has 0 atom stereocenters. The van der Waals surface area contributed by atoms with Gasteiger partial charge in [0.2, 0.25) is 5.89 Å². The van der Waals surface area contributed by atoms with Crippen molar-refractivity contribution in [1.82, 2.24) is 15.5 Å². The first-order valence-electron chi connectivity index (χ1n) is 3.89. The van der Waals surface area contributed by atoms with Gasteiger partial charge in [0, 0.05) is 0 Å². The van der Waals surface area contributed by atoms with E-state index in [1.807, 2.05) is 7.05 Å². The zero-order valence-corrected chi connectivity index (χ0v) is 7.15. The van der Waals surface area contributed by atoms with Crippen LogP contribution < -0.4 is 5.32 Å². The van der Waals surface area contributed by atoms with Gasteiger partial charge in [-0.05, 0) is 13.1 Å². The van der Waals surface area contributed by atoms with E-state index in [0.29, 0.717) is 18.3 Å². The van der Waals surface area contributed by atoms with Gasteiger partial charge in [-0.3, -0.25) is 0 Å². The Labute approximate surface area is 74.8 Å². The van der Waals surface area contributed by atoms with E-state index in [2.05, 4.69) is 15.5 Å². The van der Waals surface area contributed by atoms with Crippen molar-refractivity contribution < 1.29 is 8.83 Å². The third-order valence-corrected chi connectivity index (χ3v) is 1.56. The van der Waals surface area contributed by atoms with Gasteiger partial charge in [0.25, 0.3) is 5.89 Å². The van der Waals surface area contributed by atoms with E-state index in [1.54, 1.807) is 18.6 Å². The van der Waals surface area contributed by atoms with Crippen molar-refractivity contribution in [2.24, 2.45) is 0 Å². The molecule has 13 heavy (non-hydrogen) atoms. The summed E-state index contributed by atoms with van der Waals surface area (Å²) in [4.78, 5) is 0. The summed E-state index contributed by atoms with van der Waals surface area (Å²) in [7, 11) is 1.82. The minimum Gasteiger partial charge on any atom is -0.472 e. The molecular formula is C8H9N3O2. The highest BCUT2D eigenvalue weighted by atomic mass is 16.4. The highest BCUT2D eigenvalue weighted by Gasteiger charge is 2.07. The van der Waals surface area contributed by atoms with Crippen molar-refractivity contribution in [1.29, 1.82) is 0 Å². The molecule has 2 rings (SSSR count). The fourth-order valence-electron chi connectivity index (χ4n) is 0.979. The molecule has 0 aliphatic rings. The lowest BCUT2D eigenvalue weighted by molar-refractivity contribution is 0.489. The van der Waals surface area contributed by atoms with Crippen molar-refractivity contribution in [3.05, 3.63) is 24.5 Å². The molecule has 68 valence electrons. The molecule has 2 aromatic heterocycles. The summed E-state index contributed by atoms with van der Waals surface area (Å²) in [6.07, 6.45) is 3.13. The summed E-state index contributed by atoms with van der Waals surface area (Å²) in [5.74, 6) is 1.05. The third kappa shape index (κ3) is 1.59. The molecular weight excluding hydrogens is 170 g/mol. The van der Waals surface area contributed by atoms with Crippen LogP contribution in [0.2, 0.25) is 0 Å². The maximum absolute atomic E-state index is 5.32. The van der Waals surface area contributed by atoms with E-state index >= 15 is 0 Å². The number of furan rings is 1. The molecule has 2 aromatic rings. The zero-order chi connectivity index (χ0) is 9.10. The molecule has 0 aliphatic heterocycles. The van der Waals surface area contributed by atoms with Crippen LogP contribution in [0, 0.1) is 0 Å². The Kier molecular flexibility index (Phi) is 2.09. The van der Waals surface area contributed by atoms with Gasteiger partial charge >= 0.3 is 0 Å². The molecule has 0 aromatic carbocycles. The molecule has 5 nitrogen and oxygen atoms in total. The molecule has 0 unspecified atom stereocenters. The summed E-state index contributed by atoms with van der Waals surface area (Å²) < 4.78 is 10.2. The predicted molar refractivity (Wildman–Crippen MR) is 44.8 cm³/mol. The molecule has 5 heteroatoms. The molecule has 0 radical (unpaired) electrons. The maximum Gasteiger partial charge on any atom is 0.251 e. The van der Waals surface area contributed by atoms with Gasteiger partial charge in [-0.2, -0.15) is 0 Å². The predicted octanol–water partition coefficient (Wildman–Crippen LogP) is 1.05. The van der Waals surface area contributed by atoms with Crippen LogP contribution in [0.25, 0.3) is 11.5 Å². The van der Waals surface area contributed by atoms with Crippen LogP contribution in [0.4, 0.5) is 0 Å². The Morgan fingerprint density at radius 3 is 3.08 bits per heavy atom. The quantitative estimate of drug-likeness (QED) is 0.762. The fraction of sp³-hybridized carbons (Fsp3) is 0.250. The van der Waals surface area contributed by atoms with E-state index in [0.717, 1.165) is 5.56 Å². The largest absolute Gasteiger partial charge is 0.472 e. The Morgan fingerprint density at radius 2 is 2.38 bits per heavy atom. The van der Waals surface area contributed by atoms with Gasteiger partial charge in [-0.25, -0.2) is 0 Å². The number of aromatic nitrogens is 2. The fourth-order valence-corrected chi connectivity index (χ4v) is 0.979. The van der Waals surface area contributed by atoms with Gasteiger partial charge in [-0.1, -0.05) is 0 Å². The molecule has 0 bridgehead atoms. The highest BCUT2D eigenvalue weighted by Crippen LogP contribution is 2.17. The average Bonchev–Trinajstić information content (AvgIpc) is 2.70. The van der Waals surface area contributed by atoms with Gasteiger partial charge < -0.3 is 14.2 Å². The van der Waals surface area contributed by atoms with Crippen molar-refractivity contribution in [2.45, 2.75) is 6.54 Å². The molecule has 0 saturated heterocycles. The zero-order valence-electron chi connectivity index (χ0n) is 7.15. The van der Waals surface area contributed by atoms with Gasteiger partial charge in [0.05, 0.1) is 18.4 Å². The summed E-state index contributed by atoms with van der Waals surface area (Å²) in [6, 6.07) is 1.77. The van der Waals surface area contributed by atoms with Crippen LogP contribution in [0.15, 0.2) is 27.4 Å². The highest BCUT2D eigenvalue weighted by molar-refractivity contribution is 5.49. The minimum absolute atomic E-state index is 0.485. The van der Waals surface area contributed by atoms with Gasteiger partial charge in [-0.15, -0.1) is 10.2 Å². The van der Waals surface area contributed by atoms with Crippen LogP contribution >= 0.6 is 0 Å². The lowest BCUT2D eigenvalue weighted by Gasteiger charge is -1.88. The van der Waals surface area contributed by atoms with E-state index in [4.69, 9.17) is 8.83 Å². The summed E-state index contributed by atoms with van der Waals surface area (Å²) in [6.45, 7) is 0.574. The normalized spacial score (nSPS) is 10.5. The second kappa shape index (κ2) is 3.40. The first-order chi connectivity index (χ1) is 6.40. The van der Waals surface area contributed by atoms with Crippen molar-refractivity contribution in [3.63, 3.8) is 0 Å². The number of hydrogen-bond acceptors (Lipinski definition) is 5. The molecule has 0 amide bonds. The number of rotatable bonds is 3. The van der Waals surface area contributed by atoms with E-state index in [1.165, 1.54) is 0 Å². The van der Waals surface area contributed by atoms with E-state index in [-0.39, 0.29) is 0 Å². The smallest absolute Gasteiger partial charge is 0.251 e. The Morgan fingerprint density at radius 1 is 1.46 bits per heavy atom. The molecule has 0 saturated carbocycles. The summed E-state index contributed by atoms with van der Waals surface area (Å²) in [5, 5.41) is 10.6. The van der Waals surface area contributed by atoms with Crippen molar-refractivity contribution >= 4 is 0 Å². The van der Waals surface area contributed by atoms with Crippen LogP contribution in [-0.2, 0) is 6.54 Å². The lowest BCUT2D eigenvalue weighted by Crippen LogP contribution is -2.04. The van der Waals surface area contributed by atoms with E-state index in [9.17, 15) is 0 Å². The average molecular weight is 179 g/mol. The van der Waals surface area contributed by atoms with Crippen LogP contribution in [0.1, 0.15) is 5.89 Å². The van der Waals surface area contributed by atoms with Gasteiger partial charge in [0.15, 0.2) is 0 Å². The Bertz CT molecular complexity index is 366. The number of nitrogens with zero attached hydrogens (tertiary/aromatic N) is 2. The molecule has 0 fully saturated rings. The van der Waals surface area contributed by atoms with Crippen LogP contribution in [0.5, 0.6) is 0 Å². The third-order valence-electron chi connectivity index (χ3n) is 1.56. The van der Waals surface area contributed by atoms with Crippen LogP contribution in [-0.4, -0.2) is 17.2 Å². The summed E-state index contributed by atoms with van der Waals surface area (Å²) in [5.41, 5.74) is 0.801. The minimum atomic E-state index is 0.485. The maximum atomic E-state index is 5.32. The van der Waals surface area contributed by atoms with Gasteiger partial charge in [0.1, 0.15) is 6.26 Å². The first-order valence-corrected chi connectivity index (χ1v) is 3.89. The standard InChI is InChI=1S/C8H9N3O2/c1-9-4-7-10-11-8(13-7)6-2-3-12-5-6/h2-3,5,9H,4H2,1H3. The first kappa shape index (κ1) is 8.00. The second-order valence-electron chi connectivity index (χ2n) is 2.54. The molecule has 1 N–H and O–H groups in total. The Balaban J connectivity index is 2.23. The van der Waals surface area contributed by atoms with E-state index < -0.39 is 0 Å². The van der Waals surface area contributed by atoms with Crippen molar-refractivity contribution in [3.8, 4) is 11.5 Å². The Hall–Kier alpha value is -1.62. The lowest BCUT2D eigenvalue weighted by atomic mass is 10.3. The van der Waals surface area contributed by atoms with Crippen molar-refractivity contribution in [2.75, 3.05) is 7.05 Å². The molecule has 2 heterocycles. The number of hydrogen-bond donors (Lipinski definition) is 1. The monoisotopic (exact) mass is 179 g/mol. The molecule has 0 aliphatic carbocycles. The number of nitrogens with one attached hydrogen (secondary N) is 1. The molecule has 0 spiro atoms.